The molecule has 0 spiro atoms. The highest BCUT2D eigenvalue weighted by atomic mass is 79.9. The van der Waals surface area contributed by atoms with Gasteiger partial charge in [0.25, 0.3) is 10.0 Å². The molecule has 4 nitrogen and oxygen atoms in total. The lowest BCUT2D eigenvalue weighted by atomic mass is 10.1. The Morgan fingerprint density at radius 2 is 2.05 bits per heavy atom. The predicted molar refractivity (Wildman–Crippen MR) is 75.5 cm³/mol. The minimum atomic E-state index is -3.57. The molecule has 2 atom stereocenters. The van der Waals surface area contributed by atoms with E-state index in [1.165, 1.54) is 4.47 Å². The summed E-state index contributed by atoms with van der Waals surface area (Å²) in [6, 6.07) is 6.78. The molecule has 104 valence electrons. The van der Waals surface area contributed by atoms with Crippen molar-refractivity contribution >= 4 is 26.0 Å². The monoisotopic (exact) mass is 345 g/mol. The highest BCUT2D eigenvalue weighted by Crippen LogP contribution is 2.47. The third-order valence-corrected chi connectivity index (χ3v) is 6.76. The summed E-state index contributed by atoms with van der Waals surface area (Å²) < 4.78 is 26.2. The van der Waals surface area contributed by atoms with Crippen molar-refractivity contribution in [3.8, 4) is 0 Å². The van der Waals surface area contributed by atoms with Gasteiger partial charge in [0.15, 0.2) is 0 Å². The predicted octanol–water partition coefficient (Wildman–Crippen LogP) is 2.62. The van der Waals surface area contributed by atoms with Crippen LogP contribution in [0.5, 0.6) is 0 Å². The second-order valence-corrected chi connectivity index (χ2v) is 8.65. The van der Waals surface area contributed by atoms with Crippen LogP contribution in [0.3, 0.4) is 0 Å². The fourth-order valence-corrected chi connectivity index (χ4v) is 5.24. The second kappa shape index (κ2) is 4.55. The smallest absolute Gasteiger partial charge is 0.265 e. The third-order valence-electron chi connectivity index (χ3n) is 3.91. The van der Waals surface area contributed by atoms with E-state index in [2.05, 4.69) is 15.9 Å². The van der Waals surface area contributed by atoms with Crippen LogP contribution in [0.15, 0.2) is 29.2 Å². The molecule has 1 aliphatic carbocycles. The Hall–Kier alpha value is -0.430. The summed E-state index contributed by atoms with van der Waals surface area (Å²) in [6.07, 6.45) is 2.83. The van der Waals surface area contributed by atoms with E-state index in [0.29, 0.717) is 11.5 Å². The van der Waals surface area contributed by atoms with Gasteiger partial charge in [0.1, 0.15) is 0 Å². The number of nitrogens with zero attached hydrogens (tertiary/aromatic N) is 1. The number of rotatable bonds is 2. The van der Waals surface area contributed by atoms with Crippen LogP contribution in [0, 0.1) is 6.92 Å². The van der Waals surface area contributed by atoms with E-state index < -0.39 is 10.0 Å². The Morgan fingerprint density at radius 1 is 1.37 bits per heavy atom. The van der Waals surface area contributed by atoms with Gasteiger partial charge in [0.05, 0.1) is 21.9 Å². The largest absolute Gasteiger partial charge is 0.282 e. The van der Waals surface area contributed by atoms with Crippen LogP contribution in [0.25, 0.3) is 0 Å². The molecule has 19 heavy (non-hydrogen) atoms. The molecular weight excluding hydrogens is 330 g/mol. The Bertz CT molecular complexity index is 586. The summed E-state index contributed by atoms with van der Waals surface area (Å²) in [7, 11) is -3.57. The van der Waals surface area contributed by atoms with Crippen molar-refractivity contribution in [3.05, 3.63) is 29.8 Å². The first-order valence-electron chi connectivity index (χ1n) is 6.36. The van der Waals surface area contributed by atoms with Crippen LogP contribution in [-0.2, 0) is 14.9 Å². The molecule has 1 aliphatic heterocycles. The van der Waals surface area contributed by atoms with Gasteiger partial charge in [-0.15, -0.1) is 0 Å². The molecule has 1 heterocycles. The molecule has 1 aromatic rings. The maximum absolute atomic E-state index is 12.6. The van der Waals surface area contributed by atoms with Gasteiger partial charge in [-0.2, -0.15) is 0 Å². The molecule has 1 saturated heterocycles. The molecule has 0 amide bonds. The molecule has 1 saturated carbocycles. The summed E-state index contributed by atoms with van der Waals surface area (Å²) in [5.41, 5.74) is 1.04. The number of hydroxylamine groups is 1. The van der Waals surface area contributed by atoms with Crippen LogP contribution in [0.1, 0.15) is 24.8 Å². The van der Waals surface area contributed by atoms with Gasteiger partial charge in [0.2, 0.25) is 0 Å². The van der Waals surface area contributed by atoms with E-state index in [1.54, 1.807) is 24.3 Å². The fraction of sp³-hybridized carbons (Fsp3) is 0.538. The summed E-state index contributed by atoms with van der Waals surface area (Å²) in [5, 5.41) is 0. The van der Waals surface area contributed by atoms with Gasteiger partial charge < -0.3 is 0 Å². The number of benzene rings is 1. The molecule has 2 unspecified atom stereocenters. The lowest BCUT2D eigenvalue weighted by Crippen LogP contribution is -2.39. The van der Waals surface area contributed by atoms with E-state index in [1.807, 2.05) is 6.92 Å². The molecular formula is C13H16BrNO3S. The van der Waals surface area contributed by atoms with Gasteiger partial charge in [0, 0.05) is 0 Å². The Balaban J connectivity index is 1.95. The van der Waals surface area contributed by atoms with E-state index in [0.717, 1.165) is 24.8 Å². The number of sulfonamides is 1. The number of hydrogen-bond donors (Lipinski definition) is 0. The standard InChI is InChI=1S/C13H16BrNO3S/c1-10-4-6-11(7-5-10)19(16,17)15-12-3-2-8-13(12,14)9-18-15/h4-7,12H,2-3,8-9H2,1H3. The molecule has 2 aliphatic rings. The van der Waals surface area contributed by atoms with Crippen LogP contribution >= 0.6 is 15.9 Å². The zero-order valence-corrected chi connectivity index (χ0v) is 13.1. The lowest BCUT2D eigenvalue weighted by Gasteiger charge is -2.23. The van der Waals surface area contributed by atoms with E-state index in [4.69, 9.17) is 4.84 Å². The molecule has 2 fully saturated rings. The average Bonchev–Trinajstić information content (AvgIpc) is 2.86. The first-order valence-corrected chi connectivity index (χ1v) is 8.60. The minimum Gasteiger partial charge on any atom is -0.282 e. The minimum absolute atomic E-state index is 0.0983. The number of fused-ring (bicyclic) bond motifs is 1. The fourth-order valence-electron chi connectivity index (χ4n) is 2.79. The molecule has 0 N–H and O–H groups in total. The second-order valence-electron chi connectivity index (χ2n) is 5.29. The highest BCUT2D eigenvalue weighted by molar-refractivity contribution is 9.10. The summed E-state index contributed by atoms with van der Waals surface area (Å²) in [5.74, 6) is 0. The summed E-state index contributed by atoms with van der Waals surface area (Å²) in [6.45, 7) is 2.35. The average molecular weight is 346 g/mol. The maximum atomic E-state index is 12.6. The van der Waals surface area contributed by atoms with Crippen molar-refractivity contribution < 1.29 is 13.3 Å². The van der Waals surface area contributed by atoms with Gasteiger partial charge in [-0.3, -0.25) is 4.84 Å². The molecule has 3 rings (SSSR count). The Labute approximate surface area is 121 Å². The highest BCUT2D eigenvalue weighted by Gasteiger charge is 2.54. The molecule has 6 heteroatoms. The first-order chi connectivity index (χ1) is 8.93. The molecule has 0 bridgehead atoms. The van der Waals surface area contributed by atoms with E-state index >= 15 is 0 Å². The van der Waals surface area contributed by atoms with Crippen molar-refractivity contribution in [1.29, 1.82) is 0 Å². The Morgan fingerprint density at radius 3 is 2.74 bits per heavy atom. The van der Waals surface area contributed by atoms with Gasteiger partial charge >= 0.3 is 0 Å². The van der Waals surface area contributed by atoms with Crippen LogP contribution in [0.2, 0.25) is 0 Å². The normalized spacial score (nSPS) is 31.6. The Kier molecular flexibility index (Phi) is 3.24. The van der Waals surface area contributed by atoms with Gasteiger partial charge in [-0.05, 0) is 31.9 Å². The zero-order valence-electron chi connectivity index (χ0n) is 10.7. The zero-order chi connectivity index (χ0) is 13.7. The van der Waals surface area contributed by atoms with Crippen LogP contribution in [-0.4, -0.2) is 29.9 Å². The quantitative estimate of drug-likeness (QED) is 0.774. The SMILES string of the molecule is Cc1ccc(S(=O)(=O)N2OCC3(Br)CCCC23)cc1. The van der Waals surface area contributed by atoms with Crippen molar-refractivity contribution in [1.82, 2.24) is 4.47 Å². The number of hydrogen-bond acceptors (Lipinski definition) is 3. The van der Waals surface area contributed by atoms with Crippen LogP contribution < -0.4 is 0 Å². The van der Waals surface area contributed by atoms with Crippen molar-refractivity contribution in [2.24, 2.45) is 0 Å². The number of aryl methyl sites for hydroxylation is 1. The number of halogens is 1. The summed E-state index contributed by atoms with van der Waals surface area (Å²) >= 11 is 3.66. The van der Waals surface area contributed by atoms with Crippen molar-refractivity contribution in [2.45, 2.75) is 41.4 Å². The molecule has 0 aromatic heterocycles. The van der Waals surface area contributed by atoms with Crippen molar-refractivity contribution in [3.63, 3.8) is 0 Å². The summed E-state index contributed by atoms with van der Waals surface area (Å²) in [4.78, 5) is 5.76. The molecule has 0 radical (unpaired) electrons. The maximum Gasteiger partial charge on any atom is 0.265 e. The lowest BCUT2D eigenvalue weighted by molar-refractivity contribution is -0.0513. The van der Waals surface area contributed by atoms with Gasteiger partial charge in [-0.1, -0.05) is 44.5 Å². The van der Waals surface area contributed by atoms with Gasteiger partial charge in [-0.25, -0.2) is 8.42 Å². The topological polar surface area (TPSA) is 46.6 Å². The van der Waals surface area contributed by atoms with Crippen molar-refractivity contribution in [2.75, 3.05) is 6.61 Å². The van der Waals surface area contributed by atoms with E-state index in [9.17, 15) is 8.42 Å². The van der Waals surface area contributed by atoms with Crippen LogP contribution in [0.4, 0.5) is 0 Å². The van der Waals surface area contributed by atoms with E-state index in [-0.39, 0.29) is 10.4 Å². The number of alkyl halides is 1. The third kappa shape index (κ3) is 2.14. The first kappa shape index (κ1) is 13.5. The molecule has 1 aromatic carbocycles.